The van der Waals surface area contributed by atoms with E-state index >= 15 is 0 Å². The third-order valence-electron chi connectivity index (χ3n) is 3.76. The number of aromatic amines is 1. The van der Waals surface area contributed by atoms with E-state index in [0.29, 0.717) is 18.1 Å². The first-order valence-electron chi connectivity index (χ1n) is 7.19. The van der Waals surface area contributed by atoms with Crippen LogP contribution in [0, 0.1) is 0 Å². The second-order valence-electron chi connectivity index (χ2n) is 5.16. The van der Waals surface area contributed by atoms with Gasteiger partial charge in [0, 0.05) is 19.7 Å². The Morgan fingerprint density at radius 2 is 2.27 bits per heavy atom. The summed E-state index contributed by atoms with van der Waals surface area (Å²) in [6.45, 7) is 0.645. The van der Waals surface area contributed by atoms with Crippen LogP contribution in [0.5, 0.6) is 0 Å². The Balaban J connectivity index is 1.89. The summed E-state index contributed by atoms with van der Waals surface area (Å²) in [7, 11) is 1.78. The molecule has 2 aromatic rings. The molecule has 1 fully saturated rings. The number of carbonyl (C=O) groups excluding carboxylic acids is 1. The van der Waals surface area contributed by atoms with Gasteiger partial charge in [-0.05, 0) is 18.9 Å². The molecule has 0 unspecified atom stereocenters. The Labute approximate surface area is 127 Å². The number of H-pyrrole nitrogens is 1. The van der Waals surface area contributed by atoms with E-state index in [-0.39, 0.29) is 17.5 Å². The van der Waals surface area contributed by atoms with Crippen molar-refractivity contribution in [2.24, 2.45) is 0 Å². The molecule has 0 aliphatic carbocycles. The van der Waals surface area contributed by atoms with Crippen LogP contribution in [0.25, 0.3) is 0 Å². The Kier molecular flexibility index (Phi) is 3.86. The van der Waals surface area contributed by atoms with Gasteiger partial charge in [-0.3, -0.25) is 14.6 Å². The maximum Gasteiger partial charge on any atom is 0.270 e. The first-order valence-corrected chi connectivity index (χ1v) is 7.19. The van der Waals surface area contributed by atoms with Gasteiger partial charge in [-0.15, -0.1) is 0 Å². The number of nitrogens with zero attached hydrogens (tertiary/aromatic N) is 3. The number of likely N-dealkylation sites (tertiary alicyclic amines) is 1. The molecule has 0 aromatic carbocycles. The maximum atomic E-state index is 12.6. The topological polar surface area (TPSA) is 91.0 Å². The fourth-order valence-corrected chi connectivity index (χ4v) is 2.71. The molecule has 1 amide bonds. The number of pyridine rings is 1. The molecule has 1 aliphatic rings. The summed E-state index contributed by atoms with van der Waals surface area (Å²) in [4.78, 5) is 37.0. The predicted molar refractivity (Wildman–Crippen MR) is 81.7 cm³/mol. The van der Waals surface area contributed by atoms with Crippen LogP contribution in [-0.2, 0) is 0 Å². The summed E-state index contributed by atoms with van der Waals surface area (Å²) in [6, 6.07) is 4.48. The van der Waals surface area contributed by atoms with Crippen LogP contribution in [0.4, 0.5) is 5.82 Å². The van der Waals surface area contributed by atoms with E-state index in [1.54, 1.807) is 36.5 Å². The zero-order chi connectivity index (χ0) is 15.5. The number of rotatable bonds is 3. The molecule has 0 radical (unpaired) electrons. The molecule has 1 aliphatic heterocycles. The maximum absolute atomic E-state index is 12.6. The number of nitrogens with one attached hydrogen (secondary N) is 2. The average molecular weight is 299 g/mol. The van der Waals surface area contributed by atoms with Gasteiger partial charge in [-0.2, -0.15) is 0 Å². The molecule has 1 atom stereocenters. The van der Waals surface area contributed by atoms with Crippen molar-refractivity contribution in [3.8, 4) is 0 Å². The largest absolute Gasteiger partial charge is 0.372 e. The minimum absolute atomic E-state index is 0.114. The normalized spacial score (nSPS) is 17.5. The lowest BCUT2D eigenvalue weighted by atomic mass is 10.1. The molecule has 3 rings (SSSR count). The molecule has 2 N–H and O–H groups in total. The van der Waals surface area contributed by atoms with Gasteiger partial charge in [0.1, 0.15) is 11.5 Å². The van der Waals surface area contributed by atoms with Crippen LogP contribution < -0.4 is 10.9 Å². The quantitative estimate of drug-likeness (QED) is 0.888. The zero-order valence-electron chi connectivity index (χ0n) is 12.2. The van der Waals surface area contributed by atoms with Gasteiger partial charge >= 0.3 is 0 Å². The minimum Gasteiger partial charge on any atom is -0.372 e. The number of hydrogen-bond acceptors (Lipinski definition) is 5. The summed E-state index contributed by atoms with van der Waals surface area (Å²) in [5.41, 5.74) is 0.784. The molecule has 7 nitrogen and oxygen atoms in total. The van der Waals surface area contributed by atoms with Crippen LogP contribution in [0.1, 0.15) is 35.1 Å². The zero-order valence-corrected chi connectivity index (χ0v) is 12.2. The van der Waals surface area contributed by atoms with Crippen molar-refractivity contribution in [1.82, 2.24) is 19.9 Å². The third-order valence-corrected chi connectivity index (χ3v) is 3.76. The second-order valence-corrected chi connectivity index (χ2v) is 5.16. The minimum atomic E-state index is -0.279. The molecule has 0 bridgehead atoms. The highest BCUT2D eigenvalue weighted by atomic mass is 16.2. The van der Waals surface area contributed by atoms with Gasteiger partial charge in [-0.25, -0.2) is 4.98 Å². The van der Waals surface area contributed by atoms with E-state index in [1.807, 2.05) is 0 Å². The van der Waals surface area contributed by atoms with E-state index in [4.69, 9.17) is 0 Å². The first-order chi connectivity index (χ1) is 10.7. The lowest BCUT2D eigenvalue weighted by Gasteiger charge is -2.24. The van der Waals surface area contributed by atoms with Crippen molar-refractivity contribution >= 4 is 11.7 Å². The average Bonchev–Trinajstić information content (AvgIpc) is 3.04. The summed E-state index contributed by atoms with van der Waals surface area (Å²) in [5.74, 6) is 0.488. The van der Waals surface area contributed by atoms with E-state index < -0.39 is 0 Å². The SMILES string of the molecule is CNc1cncc([C@H]2CCCN2C(=O)c2cccc(=O)[nH]2)n1. The van der Waals surface area contributed by atoms with Crippen molar-refractivity contribution < 1.29 is 4.79 Å². The van der Waals surface area contributed by atoms with Gasteiger partial charge in [0.05, 0.1) is 24.1 Å². The lowest BCUT2D eigenvalue weighted by Crippen LogP contribution is -2.32. The number of carbonyl (C=O) groups is 1. The Bertz CT molecular complexity index is 742. The fraction of sp³-hybridized carbons (Fsp3) is 0.333. The van der Waals surface area contributed by atoms with Crippen molar-refractivity contribution in [3.63, 3.8) is 0 Å². The lowest BCUT2D eigenvalue weighted by molar-refractivity contribution is 0.0726. The number of aromatic nitrogens is 3. The summed E-state index contributed by atoms with van der Waals surface area (Å²) in [5, 5.41) is 2.95. The Morgan fingerprint density at radius 3 is 3.05 bits per heavy atom. The molecule has 3 heterocycles. The molecular formula is C15H17N5O2. The second kappa shape index (κ2) is 5.97. The number of anilines is 1. The summed E-state index contributed by atoms with van der Waals surface area (Å²) >= 11 is 0. The van der Waals surface area contributed by atoms with E-state index in [9.17, 15) is 9.59 Å². The van der Waals surface area contributed by atoms with Crippen molar-refractivity contribution in [2.75, 3.05) is 18.9 Å². The van der Waals surface area contributed by atoms with Crippen molar-refractivity contribution in [3.05, 3.63) is 52.3 Å². The van der Waals surface area contributed by atoms with Gasteiger partial charge in [-0.1, -0.05) is 6.07 Å². The monoisotopic (exact) mass is 299 g/mol. The molecule has 0 saturated carbocycles. The molecule has 22 heavy (non-hydrogen) atoms. The molecule has 114 valence electrons. The Hall–Kier alpha value is -2.70. The number of hydrogen-bond donors (Lipinski definition) is 2. The van der Waals surface area contributed by atoms with Crippen LogP contribution in [0.3, 0.4) is 0 Å². The van der Waals surface area contributed by atoms with Gasteiger partial charge < -0.3 is 15.2 Å². The van der Waals surface area contributed by atoms with Crippen LogP contribution >= 0.6 is 0 Å². The van der Waals surface area contributed by atoms with Crippen molar-refractivity contribution in [1.29, 1.82) is 0 Å². The highest BCUT2D eigenvalue weighted by Crippen LogP contribution is 2.31. The standard InChI is InChI=1S/C15H17N5O2/c1-16-13-9-17-8-11(18-13)12-5-3-7-20(12)15(22)10-4-2-6-14(21)19-10/h2,4,6,8-9,12H,3,5,7H2,1H3,(H,16,18)(H,19,21)/t12-/m1/s1. The predicted octanol–water partition coefficient (Wildman–Crippen LogP) is 1.18. The number of amides is 1. The highest BCUT2D eigenvalue weighted by molar-refractivity contribution is 5.92. The van der Waals surface area contributed by atoms with Gasteiger partial charge in [0.25, 0.3) is 5.91 Å². The van der Waals surface area contributed by atoms with Crippen LogP contribution in [-0.4, -0.2) is 39.4 Å². The molecule has 1 saturated heterocycles. The van der Waals surface area contributed by atoms with Crippen molar-refractivity contribution in [2.45, 2.75) is 18.9 Å². The molecular weight excluding hydrogens is 282 g/mol. The molecule has 7 heteroatoms. The van der Waals surface area contributed by atoms with Crippen LogP contribution in [0.2, 0.25) is 0 Å². The van der Waals surface area contributed by atoms with Crippen LogP contribution in [0.15, 0.2) is 35.4 Å². The molecule has 0 spiro atoms. The first kappa shape index (κ1) is 14.2. The molecule has 2 aromatic heterocycles. The van der Waals surface area contributed by atoms with E-state index in [0.717, 1.165) is 18.5 Å². The van der Waals surface area contributed by atoms with Gasteiger partial charge in [0.15, 0.2) is 0 Å². The van der Waals surface area contributed by atoms with Gasteiger partial charge in [0.2, 0.25) is 5.56 Å². The highest BCUT2D eigenvalue weighted by Gasteiger charge is 2.32. The Morgan fingerprint density at radius 1 is 1.41 bits per heavy atom. The fourth-order valence-electron chi connectivity index (χ4n) is 2.71. The summed E-state index contributed by atoms with van der Waals surface area (Å²) in [6.07, 6.45) is 5.06. The smallest absolute Gasteiger partial charge is 0.270 e. The summed E-state index contributed by atoms with van der Waals surface area (Å²) < 4.78 is 0. The third kappa shape index (κ3) is 2.69. The van der Waals surface area contributed by atoms with E-state index in [1.165, 1.54) is 6.07 Å². The van der Waals surface area contributed by atoms with E-state index in [2.05, 4.69) is 20.3 Å².